The van der Waals surface area contributed by atoms with Crippen molar-refractivity contribution in [3.63, 3.8) is 0 Å². The molecule has 0 bridgehead atoms. The van der Waals surface area contributed by atoms with Gasteiger partial charge in [0.2, 0.25) is 0 Å². The Bertz CT molecular complexity index is 1160. The Kier molecular flexibility index (Phi) is 5.90. The molecule has 3 aromatic rings. The van der Waals surface area contributed by atoms with Crippen LogP contribution >= 0.6 is 11.6 Å². The van der Waals surface area contributed by atoms with Gasteiger partial charge in [0, 0.05) is 43.0 Å². The van der Waals surface area contributed by atoms with Gasteiger partial charge in [0.15, 0.2) is 0 Å². The minimum atomic E-state index is -0.379. The van der Waals surface area contributed by atoms with Crippen LogP contribution in [0.4, 0.5) is 20.7 Å². The minimum Gasteiger partial charge on any atom is -0.352 e. The Morgan fingerprint density at radius 2 is 1.74 bits per heavy atom. The number of rotatable bonds is 3. The molecule has 2 heterocycles. The predicted octanol–water partition coefficient (Wildman–Crippen LogP) is 3.69. The average Bonchev–Trinajstić information content (AvgIpc) is 2.77. The van der Waals surface area contributed by atoms with Crippen LogP contribution in [0.3, 0.4) is 0 Å². The fourth-order valence-electron chi connectivity index (χ4n) is 3.35. The van der Waals surface area contributed by atoms with Crippen LogP contribution in [0.15, 0.2) is 59.4 Å². The van der Waals surface area contributed by atoms with E-state index in [1.54, 1.807) is 17.0 Å². The second-order valence-electron chi connectivity index (χ2n) is 7.29. The highest BCUT2D eigenvalue weighted by atomic mass is 35.5. The number of nitrogens with zero attached hydrogens (tertiary/aromatic N) is 4. The van der Waals surface area contributed by atoms with Crippen LogP contribution in [0.1, 0.15) is 5.56 Å². The zero-order valence-electron chi connectivity index (χ0n) is 16.9. The van der Waals surface area contributed by atoms with Crippen LogP contribution in [-0.4, -0.2) is 46.9 Å². The molecule has 0 radical (unpaired) electrons. The maximum Gasteiger partial charge on any atom is 0.321 e. The summed E-state index contributed by atoms with van der Waals surface area (Å²) in [4.78, 5) is 28.5. The Labute approximate surface area is 183 Å². The van der Waals surface area contributed by atoms with Crippen molar-refractivity contribution < 1.29 is 9.18 Å². The van der Waals surface area contributed by atoms with Crippen molar-refractivity contribution in [2.75, 3.05) is 36.4 Å². The van der Waals surface area contributed by atoms with Crippen molar-refractivity contribution in [1.29, 1.82) is 0 Å². The lowest BCUT2D eigenvalue weighted by Gasteiger charge is -2.35. The van der Waals surface area contributed by atoms with Crippen LogP contribution in [0.25, 0.3) is 5.69 Å². The summed E-state index contributed by atoms with van der Waals surface area (Å²) in [5.41, 5.74) is 1.78. The first kappa shape index (κ1) is 20.9. The van der Waals surface area contributed by atoms with E-state index in [0.717, 1.165) is 5.56 Å². The number of benzene rings is 2. The quantitative estimate of drug-likeness (QED) is 0.673. The molecule has 2 amide bonds. The Morgan fingerprint density at radius 1 is 1.03 bits per heavy atom. The van der Waals surface area contributed by atoms with Crippen molar-refractivity contribution in [3.05, 3.63) is 81.4 Å². The molecule has 9 heteroatoms. The molecule has 0 aliphatic carbocycles. The number of urea groups is 1. The van der Waals surface area contributed by atoms with Gasteiger partial charge in [-0.25, -0.2) is 9.18 Å². The topological polar surface area (TPSA) is 70.5 Å². The van der Waals surface area contributed by atoms with Gasteiger partial charge in [0.05, 0.1) is 5.69 Å². The van der Waals surface area contributed by atoms with Crippen molar-refractivity contribution >= 4 is 29.1 Å². The van der Waals surface area contributed by atoms with Crippen LogP contribution in [0.5, 0.6) is 0 Å². The molecule has 31 heavy (non-hydrogen) atoms. The van der Waals surface area contributed by atoms with E-state index in [4.69, 9.17) is 11.6 Å². The number of hydrogen-bond donors (Lipinski definition) is 1. The van der Waals surface area contributed by atoms with E-state index in [1.165, 1.54) is 35.0 Å². The number of aryl methyl sites for hydroxylation is 1. The number of aromatic nitrogens is 2. The lowest BCUT2D eigenvalue weighted by Crippen LogP contribution is -2.50. The van der Waals surface area contributed by atoms with Crippen molar-refractivity contribution in [2.24, 2.45) is 0 Å². The molecule has 1 saturated heterocycles. The molecule has 1 aliphatic rings. The van der Waals surface area contributed by atoms with Gasteiger partial charge in [0.1, 0.15) is 11.6 Å². The van der Waals surface area contributed by atoms with Gasteiger partial charge in [-0.3, -0.25) is 4.79 Å². The summed E-state index contributed by atoms with van der Waals surface area (Å²) in [6.07, 6.45) is 0. The predicted molar refractivity (Wildman–Crippen MR) is 119 cm³/mol. The fraction of sp³-hybridized carbons (Fsp3) is 0.227. The first-order chi connectivity index (χ1) is 14.9. The van der Waals surface area contributed by atoms with Gasteiger partial charge >= 0.3 is 6.03 Å². The SMILES string of the molecule is Cc1ccc(NC(=O)N2CCN(c3ccc(=O)n(-c4ccc(F)cc4)n3)CC2)cc1Cl. The van der Waals surface area contributed by atoms with E-state index in [2.05, 4.69) is 10.4 Å². The fourth-order valence-corrected chi connectivity index (χ4v) is 3.53. The van der Waals surface area contributed by atoms with Gasteiger partial charge in [0.25, 0.3) is 5.56 Å². The average molecular weight is 442 g/mol. The van der Waals surface area contributed by atoms with Crippen molar-refractivity contribution in [1.82, 2.24) is 14.7 Å². The van der Waals surface area contributed by atoms with E-state index in [1.807, 2.05) is 24.0 Å². The molecule has 2 aromatic carbocycles. The molecule has 160 valence electrons. The second kappa shape index (κ2) is 8.77. The maximum absolute atomic E-state index is 13.2. The van der Waals surface area contributed by atoms with E-state index in [9.17, 15) is 14.0 Å². The Balaban J connectivity index is 1.42. The zero-order chi connectivity index (χ0) is 22.0. The number of hydrogen-bond acceptors (Lipinski definition) is 4. The summed E-state index contributed by atoms with van der Waals surface area (Å²) in [6.45, 7) is 4.04. The molecule has 1 aromatic heterocycles. The number of nitrogens with one attached hydrogen (secondary N) is 1. The van der Waals surface area contributed by atoms with E-state index < -0.39 is 0 Å². The highest BCUT2D eigenvalue weighted by Crippen LogP contribution is 2.21. The lowest BCUT2D eigenvalue weighted by molar-refractivity contribution is 0.208. The van der Waals surface area contributed by atoms with Gasteiger partial charge < -0.3 is 15.1 Å². The third-order valence-electron chi connectivity index (χ3n) is 5.17. The van der Waals surface area contributed by atoms with Crippen LogP contribution in [-0.2, 0) is 0 Å². The monoisotopic (exact) mass is 441 g/mol. The van der Waals surface area contributed by atoms with Crippen molar-refractivity contribution in [2.45, 2.75) is 6.92 Å². The first-order valence-electron chi connectivity index (χ1n) is 9.84. The molecule has 1 N–H and O–H groups in total. The normalized spacial score (nSPS) is 13.9. The summed E-state index contributed by atoms with van der Waals surface area (Å²) in [5.74, 6) is 0.240. The van der Waals surface area contributed by atoms with Gasteiger partial charge in [-0.05, 0) is 55.0 Å². The minimum absolute atomic E-state index is 0.191. The number of anilines is 2. The van der Waals surface area contributed by atoms with Gasteiger partial charge in [-0.1, -0.05) is 17.7 Å². The zero-order valence-corrected chi connectivity index (χ0v) is 17.6. The first-order valence-corrected chi connectivity index (χ1v) is 10.2. The molecule has 4 rings (SSSR count). The number of piperazine rings is 1. The molecule has 0 atom stereocenters. The summed E-state index contributed by atoms with van der Waals surface area (Å²) in [7, 11) is 0. The summed E-state index contributed by atoms with van der Waals surface area (Å²) >= 11 is 6.12. The molecule has 0 saturated carbocycles. The van der Waals surface area contributed by atoms with E-state index in [-0.39, 0.29) is 17.4 Å². The molecule has 1 fully saturated rings. The lowest BCUT2D eigenvalue weighted by atomic mass is 10.2. The molecular formula is C22H21ClFN5O2. The highest BCUT2D eigenvalue weighted by molar-refractivity contribution is 6.31. The Morgan fingerprint density at radius 3 is 2.42 bits per heavy atom. The molecular weight excluding hydrogens is 421 g/mol. The highest BCUT2D eigenvalue weighted by Gasteiger charge is 2.22. The third-order valence-corrected chi connectivity index (χ3v) is 5.58. The number of amides is 2. The van der Waals surface area contributed by atoms with Gasteiger partial charge in [-0.15, -0.1) is 5.10 Å². The third kappa shape index (κ3) is 4.69. The largest absolute Gasteiger partial charge is 0.352 e. The van der Waals surface area contributed by atoms with E-state index >= 15 is 0 Å². The van der Waals surface area contributed by atoms with Crippen LogP contribution in [0, 0.1) is 12.7 Å². The molecule has 0 spiro atoms. The standard InChI is InChI=1S/C22H21ClFN5O2/c1-15-2-5-17(14-19(15)23)25-22(31)28-12-10-27(11-13-28)20-8-9-21(30)29(26-20)18-6-3-16(24)4-7-18/h2-9,14H,10-13H2,1H3,(H,25,31). The number of carbonyl (C=O) groups is 1. The molecule has 0 unspecified atom stereocenters. The van der Waals surface area contributed by atoms with E-state index in [0.29, 0.717) is 48.4 Å². The summed E-state index contributed by atoms with van der Waals surface area (Å²) < 4.78 is 14.4. The Hall–Kier alpha value is -3.39. The molecule has 7 nitrogen and oxygen atoms in total. The maximum atomic E-state index is 13.2. The summed E-state index contributed by atoms with van der Waals surface area (Å²) in [6, 6.07) is 13.9. The van der Waals surface area contributed by atoms with Crippen LogP contribution in [0.2, 0.25) is 5.02 Å². The van der Waals surface area contributed by atoms with Crippen molar-refractivity contribution in [3.8, 4) is 5.69 Å². The van der Waals surface area contributed by atoms with Gasteiger partial charge in [-0.2, -0.15) is 4.68 Å². The molecule has 1 aliphatic heterocycles. The van der Waals surface area contributed by atoms with Crippen LogP contribution < -0.4 is 15.8 Å². The number of halogens is 2. The smallest absolute Gasteiger partial charge is 0.321 e. The summed E-state index contributed by atoms with van der Waals surface area (Å²) in [5, 5.41) is 7.90. The second-order valence-corrected chi connectivity index (χ2v) is 7.69. The number of carbonyl (C=O) groups excluding carboxylic acids is 1.